The number of hydrogen-bond acceptors (Lipinski definition) is 3. The Kier molecular flexibility index (Phi) is 5.16. The predicted octanol–water partition coefficient (Wildman–Crippen LogP) is 3.57. The Bertz CT molecular complexity index is 538. The molecule has 0 aromatic heterocycles. The van der Waals surface area contributed by atoms with Crippen LogP contribution in [0.2, 0.25) is 0 Å². The fourth-order valence-electron chi connectivity index (χ4n) is 1.96. The van der Waals surface area contributed by atoms with E-state index in [-0.39, 0.29) is 12.8 Å². The summed E-state index contributed by atoms with van der Waals surface area (Å²) in [6.07, 6.45) is 0. The van der Waals surface area contributed by atoms with Crippen molar-refractivity contribution in [1.29, 1.82) is 0 Å². The largest absolute Gasteiger partial charge is 0.467 e. The third-order valence-corrected chi connectivity index (χ3v) is 3.13. The molecule has 2 aromatic rings. The van der Waals surface area contributed by atoms with Crippen LogP contribution in [-0.4, -0.2) is 6.79 Å². The first-order valence-corrected chi connectivity index (χ1v) is 6.77. The summed E-state index contributed by atoms with van der Waals surface area (Å²) >= 11 is 0. The zero-order valence-corrected chi connectivity index (χ0v) is 12.0. The Morgan fingerprint density at radius 1 is 1.10 bits per heavy atom. The van der Waals surface area contributed by atoms with Crippen molar-refractivity contribution in [3.05, 3.63) is 65.2 Å². The van der Waals surface area contributed by atoms with Gasteiger partial charge in [0.25, 0.3) is 0 Å². The quantitative estimate of drug-likeness (QED) is 0.645. The number of ether oxygens (including phenoxy) is 2. The number of nitrogens with two attached hydrogens (primary N) is 1. The summed E-state index contributed by atoms with van der Waals surface area (Å²) in [7, 11) is 0. The molecule has 2 N–H and O–H groups in total. The van der Waals surface area contributed by atoms with Gasteiger partial charge in [0, 0.05) is 6.04 Å². The fourth-order valence-corrected chi connectivity index (χ4v) is 1.96. The number of benzene rings is 2. The summed E-state index contributed by atoms with van der Waals surface area (Å²) in [5.74, 6) is 0.836. The summed E-state index contributed by atoms with van der Waals surface area (Å²) in [5.41, 5.74) is 9.18. The highest BCUT2D eigenvalue weighted by atomic mass is 16.7. The molecule has 0 fully saturated rings. The van der Waals surface area contributed by atoms with Crippen LogP contribution < -0.4 is 10.5 Å². The third kappa shape index (κ3) is 4.08. The molecule has 106 valence electrons. The van der Waals surface area contributed by atoms with Crippen molar-refractivity contribution in [1.82, 2.24) is 0 Å². The Balaban J connectivity index is 1.82. The first-order valence-electron chi connectivity index (χ1n) is 6.77. The van der Waals surface area contributed by atoms with Crippen LogP contribution in [0, 0.1) is 6.92 Å². The molecular formula is C17H21NO2. The van der Waals surface area contributed by atoms with Crippen LogP contribution in [0.25, 0.3) is 0 Å². The van der Waals surface area contributed by atoms with Crippen molar-refractivity contribution < 1.29 is 9.47 Å². The highest BCUT2D eigenvalue weighted by molar-refractivity contribution is 5.37. The molecule has 0 saturated carbocycles. The molecule has 0 aliphatic rings. The Morgan fingerprint density at radius 3 is 2.50 bits per heavy atom. The minimum atomic E-state index is 0.0390. The molecule has 0 saturated heterocycles. The summed E-state index contributed by atoms with van der Waals surface area (Å²) < 4.78 is 11.1. The lowest BCUT2D eigenvalue weighted by atomic mass is 10.1. The van der Waals surface area contributed by atoms with Crippen molar-refractivity contribution in [3.63, 3.8) is 0 Å². The van der Waals surface area contributed by atoms with Crippen LogP contribution in [0.1, 0.15) is 29.7 Å². The van der Waals surface area contributed by atoms with Crippen molar-refractivity contribution in [3.8, 4) is 5.75 Å². The molecule has 0 aliphatic carbocycles. The molecule has 0 aliphatic heterocycles. The van der Waals surface area contributed by atoms with E-state index in [9.17, 15) is 0 Å². The molecule has 0 amide bonds. The van der Waals surface area contributed by atoms with Gasteiger partial charge in [-0.15, -0.1) is 0 Å². The normalized spacial score (nSPS) is 12.2. The zero-order valence-electron chi connectivity index (χ0n) is 12.0. The van der Waals surface area contributed by atoms with E-state index in [1.54, 1.807) is 0 Å². The molecule has 0 heterocycles. The lowest BCUT2D eigenvalue weighted by Gasteiger charge is -2.12. The molecule has 3 heteroatoms. The van der Waals surface area contributed by atoms with Gasteiger partial charge in [-0.1, -0.05) is 42.5 Å². The summed E-state index contributed by atoms with van der Waals surface area (Å²) in [5, 5.41) is 0. The van der Waals surface area contributed by atoms with E-state index >= 15 is 0 Å². The van der Waals surface area contributed by atoms with Gasteiger partial charge in [-0.05, 0) is 36.6 Å². The van der Waals surface area contributed by atoms with Gasteiger partial charge >= 0.3 is 0 Å². The van der Waals surface area contributed by atoms with Gasteiger partial charge in [0.1, 0.15) is 5.75 Å². The molecule has 0 radical (unpaired) electrons. The van der Waals surface area contributed by atoms with Crippen molar-refractivity contribution in [2.24, 2.45) is 5.73 Å². The second-order valence-corrected chi connectivity index (χ2v) is 4.91. The van der Waals surface area contributed by atoms with Crippen LogP contribution in [-0.2, 0) is 11.3 Å². The van der Waals surface area contributed by atoms with Gasteiger partial charge in [-0.2, -0.15) is 0 Å². The van der Waals surface area contributed by atoms with E-state index in [4.69, 9.17) is 15.2 Å². The van der Waals surface area contributed by atoms with Gasteiger partial charge in [-0.25, -0.2) is 0 Å². The standard InChI is InChI=1S/C17H21NO2/c1-13-10-16(14(2)18)8-9-17(13)20-12-19-11-15-6-4-3-5-7-15/h3-10,14H,11-12,18H2,1-2H3/t14-/m0/s1. The average molecular weight is 271 g/mol. The maximum absolute atomic E-state index is 5.85. The minimum Gasteiger partial charge on any atom is -0.467 e. The second-order valence-electron chi connectivity index (χ2n) is 4.91. The first kappa shape index (κ1) is 14.6. The number of aryl methyl sites for hydroxylation is 1. The van der Waals surface area contributed by atoms with Crippen molar-refractivity contribution in [2.45, 2.75) is 26.5 Å². The fraction of sp³-hybridized carbons (Fsp3) is 0.294. The maximum Gasteiger partial charge on any atom is 0.189 e. The van der Waals surface area contributed by atoms with E-state index in [2.05, 4.69) is 6.07 Å². The van der Waals surface area contributed by atoms with Gasteiger partial charge in [0.2, 0.25) is 0 Å². The third-order valence-electron chi connectivity index (χ3n) is 3.13. The summed E-state index contributed by atoms with van der Waals surface area (Å²) in [4.78, 5) is 0. The summed E-state index contributed by atoms with van der Waals surface area (Å²) in [6, 6.07) is 16.1. The predicted molar refractivity (Wildman–Crippen MR) is 80.5 cm³/mol. The van der Waals surface area contributed by atoms with Gasteiger partial charge in [0.05, 0.1) is 6.61 Å². The van der Waals surface area contributed by atoms with E-state index < -0.39 is 0 Å². The molecule has 0 bridgehead atoms. The van der Waals surface area contributed by atoms with Gasteiger partial charge in [0.15, 0.2) is 6.79 Å². The Hall–Kier alpha value is -1.84. The number of hydrogen-bond donors (Lipinski definition) is 1. The van der Waals surface area contributed by atoms with Crippen molar-refractivity contribution in [2.75, 3.05) is 6.79 Å². The van der Waals surface area contributed by atoms with Crippen LogP contribution in [0.3, 0.4) is 0 Å². The zero-order chi connectivity index (χ0) is 14.4. The van der Waals surface area contributed by atoms with Crippen LogP contribution in [0.5, 0.6) is 5.75 Å². The molecule has 20 heavy (non-hydrogen) atoms. The van der Waals surface area contributed by atoms with Crippen molar-refractivity contribution >= 4 is 0 Å². The lowest BCUT2D eigenvalue weighted by molar-refractivity contribution is 0.00467. The second kappa shape index (κ2) is 7.08. The molecule has 1 atom stereocenters. The smallest absolute Gasteiger partial charge is 0.189 e. The highest BCUT2D eigenvalue weighted by Gasteiger charge is 2.04. The number of rotatable bonds is 6. The molecule has 0 unspecified atom stereocenters. The van der Waals surface area contributed by atoms with E-state index in [0.29, 0.717) is 6.61 Å². The maximum atomic E-state index is 5.85. The topological polar surface area (TPSA) is 44.5 Å². The average Bonchev–Trinajstić information content (AvgIpc) is 2.46. The van der Waals surface area contributed by atoms with E-state index in [1.165, 1.54) is 0 Å². The molecule has 2 aromatic carbocycles. The van der Waals surface area contributed by atoms with Crippen LogP contribution in [0.4, 0.5) is 0 Å². The van der Waals surface area contributed by atoms with E-state index in [0.717, 1.165) is 22.4 Å². The molecule has 3 nitrogen and oxygen atoms in total. The van der Waals surface area contributed by atoms with Crippen LogP contribution >= 0.6 is 0 Å². The first-order chi connectivity index (χ1) is 9.66. The minimum absolute atomic E-state index is 0.0390. The molecule has 2 rings (SSSR count). The van der Waals surface area contributed by atoms with Gasteiger partial charge < -0.3 is 15.2 Å². The monoisotopic (exact) mass is 271 g/mol. The lowest BCUT2D eigenvalue weighted by Crippen LogP contribution is -2.07. The molecular weight excluding hydrogens is 250 g/mol. The molecule has 0 spiro atoms. The Labute approximate surface area is 120 Å². The summed E-state index contributed by atoms with van der Waals surface area (Å²) in [6.45, 7) is 4.78. The SMILES string of the molecule is Cc1cc([C@H](C)N)ccc1OCOCc1ccccc1. The van der Waals surface area contributed by atoms with Crippen LogP contribution in [0.15, 0.2) is 48.5 Å². The highest BCUT2D eigenvalue weighted by Crippen LogP contribution is 2.21. The Morgan fingerprint density at radius 2 is 1.85 bits per heavy atom. The van der Waals surface area contributed by atoms with Gasteiger partial charge in [-0.3, -0.25) is 0 Å². The van der Waals surface area contributed by atoms with E-state index in [1.807, 2.05) is 56.3 Å².